The van der Waals surface area contributed by atoms with Crippen LogP contribution in [0.3, 0.4) is 0 Å². The second-order valence-corrected chi connectivity index (χ2v) is 9.73. The monoisotopic (exact) mass is 393 g/mol. The molecule has 2 aliphatic heterocycles. The average Bonchev–Trinajstić information content (AvgIpc) is 2.98. The lowest BCUT2D eigenvalue weighted by Gasteiger charge is -2.41. The van der Waals surface area contributed by atoms with Crippen molar-refractivity contribution in [1.29, 1.82) is 0 Å². The number of fused-ring (bicyclic) bond motifs is 1. The van der Waals surface area contributed by atoms with Crippen LogP contribution in [-0.4, -0.2) is 50.6 Å². The van der Waals surface area contributed by atoms with Crippen LogP contribution in [0.2, 0.25) is 0 Å². The summed E-state index contributed by atoms with van der Waals surface area (Å²) in [5.74, 6) is -0.433. The van der Waals surface area contributed by atoms with Gasteiger partial charge in [0.25, 0.3) is 0 Å². The topological polar surface area (TPSA) is 72.9 Å². The number of sulfonamides is 1. The standard InChI is InChI=1S/C20H27NO5S/c1-6-25-18(22)20(5)15(3)17-11-21(12-19(17,4)13-26-20)27(23,24)16-9-7-14(2)8-10-16/h7-10H,6,11-13H2,1-5H3/t19-,20+/m1/s1. The average molecular weight is 394 g/mol. The van der Waals surface area contributed by atoms with Crippen LogP contribution in [0.5, 0.6) is 0 Å². The van der Waals surface area contributed by atoms with Crippen molar-refractivity contribution in [2.24, 2.45) is 5.41 Å². The molecule has 2 heterocycles. The Bertz CT molecular complexity index is 889. The molecule has 0 aliphatic carbocycles. The van der Waals surface area contributed by atoms with E-state index < -0.39 is 27.0 Å². The largest absolute Gasteiger partial charge is 0.464 e. The third kappa shape index (κ3) is 3.22. The van der Waals surface area contributed by atoms with Crippen LogP contribution >= 0.6 is 0 Å². The Morgan fingerprint density at radius 3 is 2.44 bits per heavy atom. The highest BCUT2D eigenvalue weighted by atomic mass is 32.2. The van der Waals surface area contributed by atoms with E-state index in [0.717, 1.165) is 16.7 Å². The quantitative estimate of drug-likeness (QED) is 0.581. The van der Waals surface area contributed by atoms with Gasteiger partial charge in [-0.3, -0.25) is 0 Å². The molecule has 1 fully saturated rings. The maximum atomic E-state index is 13.1. The van der Waals surface area contributed by atoms with Gasteiger partial charge in [0.15, 0.2) is 5.60 Å². The van der Waals surface area contributed by atoms with Crippen molar-refractivity contribution in [3.63, 3.8) is 0 Å². The van der Waals surface area contributed by atoms with Crippen molar-refractivity contribution in [1.82, 2.24) is 4.31 Å². The van der Waals surface area contributed by atoms with Crippen LogP contribution in [0.4, 0.5) is 0 Å². The molecular formula is C20H27NO5S. The van der Waals surface area contributed by atoms with E-state index in [-0.39, 0.29) is 24.7 Å². The molecule has 2 aliphatic rings. The predicted octanol–water partition coefficient (Wildman–Crippen LogP) is 2.67. The second kappa shape index (κ2) is 6.72. The second-order valence-electron chi connectivity index (χ2n) is 7.79. The van der Waals surface area contributed by atoms with Crippen LogP contribution in [-0.2, 0) is 24.3 Å². The molecule has 0 radical (unpaired) electrons. The maximum Gasteiger partial charge on any atom is 0.342 e. The third-order valence-corrected chi connectivity index (χ3v) is 7.57. The number of carbonyl (C=O) groups is 1. The lowest BCUT2D eigenvalue weighted by Crippen LogP contribution is -2.49. The predicted molar refractivity (Wildman–Crippen MR) is 102 cm³/mol. The minimum absolute atomic E-state index is 0.261. The minimum Gasteiger partial charge on any atom is -0.464 e. The van der Waals surface area contributed by atoms with E-state index in [4.69, 9.17) is 9.47 Å². The molecule has 148 valence electrons. The summed E-state index contributed by atoms with van der Waals surface area (Å²) in [5.41, 5.74) is 1.08. The Labute approximate surface area is 161 Å². The number of hydrogen-bond donors (Lipinski definition) is 0. The molecule has 7 heteroatoms. The molecule has 0 bridgehead atoms. The van der Waals surface area contributed by atoms with Gasteiger partial charge in [0.2, 0.25) is 10.0 Å². The summed E-state index contributed by atoms with van der Waals surface area (Å²) < 4.78 is 38.8. The SMILES string of the molecule is CCOC(=O)[C@@]1(C)OC[C@@]2(C)CN(S(=O)(=O)c3ccc(C)cc3)CC2=C1C. The van der Waals surface area contributed by atoms with Crippen molar-refractivity contribution < 1.29 is 22.7 Å². The minimum atomic E-state index is -3.62. The van der Waals surface area contributed by atoms with Crippen LogP contribution in [0.15, 0.2) is 40.3 Å². The van der Waals surface area contributed by atoms with Gasteiger partial charge in [0, 0.05) is 18.5 Å². The van der Waals surface area contributed by atoms with E-state index in [2.05, 4.69) is 0 Å². The number of benzene rings is 1. The molecule has 0 aromatic heterocycles. The maximum absolute atomic E-state index is 13.1. The number of ether oxygens (including phenoxy) is 2. The zero-order valence-corrected chi connectivity index (χ0v) is 17.4. The van der Waals surface area contributed by atoms with Gasteiger partial charge in [-0.05, 0) is 51.0 Å². The lowest BCUT2D eigenvalue weighted by atomic mass is 9.76. The van der Waals surface area contributed by atoms with Crippen molar-refractivity contribution in [3.05, 3.63) is 41.0 Å². The summed E-state index contributed by atoms with van der Waals surface area (Å²) in [5, 5.41) is 0. The Morgan fingerprint density at radius 2 is 1.85 bits per heavy atom. The fourth-order valence-electron chi connectivity index (χ4n) is 3.82. The molecule has 1 saturated heterocycles. The number of hydrogen-bond acceptors (Lipinski definition) is 5. The normalized spacial score (nSPS) is 28.9. The van der Waals surface area contributed by atoms with Gasteiger partial charge in [-0.15, -0.1) is 0 Å². The third-order valence-electron chi connectivity index (χ3n) is 5.76. The molecule has 1 aromatic rings. The van der Waals surface area contributed by atoms with Crippen LogP contribution in [0.25, 0.3) is 0 Å². The van der Waals surface area contributed by atoms with E-state index in [1.807, 2.05) is 20.8 Å². The summed E-state index contributed by atoms with van der Waals surface area (Å²) in [4.78, 5) is 12.7. The van der Waals surface area contributed by atoms with Gasteiger partial charge in [-0.25, -0.2) is 13.2 Å². The van der Waals surface area contributed by atoms with E-state index in [9.17, 15) is 13.2 Å². The summed E-state index contributed by atoms with van der Waals surface area (Å²) in [6.07, 6.45) is 0. The first-order valence-corrected chi connectivity index (χ1v) is 10.6. The fourth-order valence-corrected chi connectivity index (χ4v) is 5.35. The van der Waals surface area contributed by atoms with Crippen LogP contribution in [0.1, 0.15) is 33.3 Å². The van der Waals surface area contributed by atoms with Gasteiger partial charge in [-0.2, -0.15) is 4.31 Å². The Morgan fingerprint density at radius 1 is 1.22 bits per heavy atom. The summed E-state index contributed by atoms with van der Waals surface area (Å²) in [7, 11) is -3.62. The Hall–Kier alpha value is -1.70. The zero-order valence-electron chi connectivity index (χ0n) is 16.5. The van der Waals surface area contributed by atoms with Gasteiger partial charge in [-0.1, -0.05) is 24.6 Å². The molecule has 0 spiro atoms. The molecule has 3 rings (SSSR count). The number of aryl methyl sites for hydroxylation is 1. The first-order chi connectivity index (χ1) is 12.5. The Balaban J connectivity index is 1.97. The van der Waals surface area contributed by atoms with Crippen molar-refractivity contribution in [2.45, 2.75) is 45.1 Å². The molecule has 0 N–H and O–H groups in total. The number of esters is 1. The van der Waals surface area contributed by atoms with Crippen LogP contribution < -0.4 is 0 Å². The molecule has 0 saturated carbocycles. The highest BCUT2D eigenvalue weighted by molar-refractivity contribution is 7.89. The van der Waals surface area contributed by atoms with Crippen LogP contribution in [0, 0.1) is 12.3 Å². The van der Waals surface area contributed by atoms with Crippen molar-refractivity contribution in [2.75, 3.05) is 26.3 Å². The summed E-state index contributed by atoms with van der Waals surface area (Å²) >= 11 is 0. The van der Waals surface area contributed by atoms with Gasteiger partial charge >= 0.3 is 5.97 Å². The van der Waals surface area contributed by atoms with Crippen molar-refractivity contribution >= 4 is 16.0 Å². The molecule has 27 heavy (non-hydrogen) atoms. The number of carbonyl (C=O) groups excluding carboxylic acids is 1. The molecule has 0 unspecified atom stereocenters. The van der Waals surface area contributed by atoms with E-state index >= 15 is 0 Å². The zero-order chi connectivity index (χ0) is 20.0. The Kier molecular flexibility index (Phi) is 4.99. The molecular weight excluding hydrogens is 366 g/mol. The molecule has 6 nitrogen and oxygen atoms in total. The molecule has 0 amide bonds. The van der Waals surface area contributed by atoms with E-state index in [0.29, 0.717) is 6.54 Å². The smallest absolute Gasteiger partial charge is 0.342 e. The first-order valence-electron chi connectivity index (χ1n) is 9.13. The molecule has 1 aromatic carbocycles. The highest BCUT2D eigenvalue weighted by Gasteiger charge is 2.53. The lowest BCUT2D eigenvalue weighted by molar-refractivity contribution is -0.169. The fraction of sp³-hybridized carbons (Fsp3) is 0.550. The number of nitrogens with zero attached hydrogens (tertiary/aromatic N) is 1. The van der Waals surface area contributed by atoms with E-state index in [1.165, 1.54) is 4.31 Å². The first kappa shape index (κ1) is 20.0. The van der Waals surface area contributed by atoms with Gasteiger partial charge in [0.1, 0.15) is 0 Å². The number of rotatable bonds is 4. The molecule has 2 atom stereocenters. The van der Waals surface area contributed by atoms with Gasteiger partial charge in [0.05, 0.1) is 18.1 Å². The highest BCUT2D eigenvalue weighted by Crippen LogP contribution is 2.47. The van der Waals surface area contributed by atoms with Gasteiger partial charge < -0.3 is 9.47 Å². The van der Waals surface area contributed by atoms with Crippen molar-refractivity contribution in [3.8, 4) is 0 Å². The van der Waals surface area contributed by atoms with E-state index in [1.54, 1.807) is 38.1 Å². The summed E-state index contributed by atoms with van der Waals surface area (Å²) in [6.45, 7) is 10.3. The summed E-state index contributed by atoms with van der Waals surface area (Å²) in [6, 6.07) is 6.86.